The fraction of sp³-hybridized carbons (Fsp3) is 0.172. The second-order valence-electron chi connectivity index (χ2n) is 8.94. The largest absolute Gasteiger partial charge is 0.481 e. The summed E-state index contributed by atoms with van der Waals surface area (Å²) >= 11 is 0. The third-order valence-corrected chi connectivity index (χ3v) is 6.42. The Bertz CT molecular complexity index is 1630. The highest BCUT2D eigenvalue weighted by Crippen LogP contribution is 2.36. The summed E-state index contributed by atoms with van der Waals surface area (Å²) in [5, 5.41) is 9.81. The molecule has 2 aromatic heterocycles. The van der Waals surface area contributed by atoms with Crippen LogP contribution in [0.25, 0.3) is 22.3 Å². The highest BCUT2D eigenvalue weighted by Gasteiger charge is 2.20. The molecule has 0 fully saturated rings. The summed E-state index contributed by atoms with van der Waals surface area (Å²) in [6, 6.07) is 14.8. The number of aliphatic carboxylic acids is 1. The number of aromatic amines is 2. The van der Waals surface area contributed by atoms with Gasteiger partial charge in [0.25, 0.3) is 0 Å². The SMILES string of the molecule is COC(c1cccc(CCC(=O)O)c1)c1cnc(-c2cc(Oc3c(F)cc4[nH]ccc4c3C)ccc2F)[nH]1. The molecule has 0 aliphatic carbocycles. The van der Waals surface area contributed by atoms with Crippen LogP contribution in [0.15, 0.2) is 67.0 Å². The molecule has 9 heteroatoms. The van der Waals surface area contributed by atoms with Crippen LogP contribution in [0, 0.1) is 18.6 Å². The number of ether oxygens (including phenoxy) is 2. The maximum atomic E-state index is 14.9. The number of rotatable bonds is 9. The van der Waals surface area contributed by atoms with Gasteiger partial charge in [-0.2, -0.15) is 0 Å². The predicted molar refractivity (Wildman–Crippen MR) is 138 cm³/mol. The van der Waals surface area contributed by atoms with Gasteiger partial charge in [0.05, 0.1) is 17.5 Å². The summed E-state index contributed by atoms with van der Waals surface area (Å²) in [4.78, 5) is 21.4. The number of carbonyl (C=O) groups is 1. The van der Waals surface area contributed by atoms with E-state index in [2.05, 4.69) is 15.0 Å². The van der Waals surface area contributed by atoms with E-state index in [9.17, 15) is 13.6 Å². The van der Waals surface area contributed by atoms with Gasteiger partial charge in [-0.1, -0.05) is 24.3 Å². The van der Waals surface area contributed by atoms with Crippen molar-refractivity contribution >= 4 is 16.9 Å². The number of H-pyrrole nitrogens is 2. The Kier molecular flexibility index (Phi) is 6.93. The number of benzene rings is 3. The Labute approximate surface area is 217 Å². The molecule has 1 unspecified atom stereocenters. The van der Waals surface area contributed by atoms with Crippen molar-refractivity contribution in [2.24, 2.45) is 0 Å². The lowest BCUT2D eigenvalue weighted by atomic mass is 10.0. The first-order valence-corrected chi connectivity index (χ1v) is 12.0. The van der Waals surface area contributed by atoms with Crippen molar-refractivity contribution in [1.29, 1.82) is 0 Å². The number of nitrogens with one attached hydrogen (secondary N) is 2. The zero-order valence-corrected chi connectivity index (χ0v) is 20.7. The van der Waals surface area contributed by atoms with E-state index in [-0.39, 0.29) is 29.3 Å². The fourth-order valence-corrected chi connectivity index (χ4v) is 4.53. The lowest BCUT2D eigenvalue weighted by molar-refractivity contribution is -0.136. The molecular formula is C29H25F2N3O4. The summed E-state index contributed by atoms with van der Waals surface area (Å²) < 4.78 is 41.2. The summed E-state index contributed by atoms with van der Waals surface area (Å²) in [6.07, 6.45) is 3.17. The molecule has 5 rings (SSSR count). The van der Waals surface area contributed by atoms with Crippen molar-refractivity contribution in [3.8, 4) is 22.9 Å². The molecule has 0 saturated carbocycles. The van der Waals surface area contributed by atoms with Crippen LogP contribution in [0.3, 0.4) is 0 Å². The molecule has 7 nitrogen and oxygen atoms in total. The number of halogens is 2. The van der Waals surface area contributed by atoms with E-state index in [0.29, 0.717) is 23.2 Å². The van der Waals surface area contributed by atoms with Crippen LogP contribution in [0.4, 0.5) is 8.78 Å². The molecule has 3 N–H and O–H groups in total. The van der Waals surface area contributed by atoms with E-state index in [1.54, 1.807) is 26.4 Å². The molecule has 3 aromatic carbocycles. The number of methoxy groups -OCH3 is 1. The van der Waals surface area contributed by atoms with E-state index >= 15 is 0 Å². The topological polar surface area (TPSA) is 100 Å². The average molecular weight is 518 g/mol. The Morgan fingerprint density at radius 3 is 2.74 bits per heavy atom. The summed E-state index contributed by atoms with van der Waals surface area (Å²) in [5.41, 5.74) is 3.69. The minimum absolute atomic E-state index is 0.0233. The highest BCUT2D eigenvalue weighted by atomic mass is 19.1. The van der Waals surface area contributed by atoms with Gasteiger partial charge < -0.3 is 24.5 Å². The molecule has 0 spiro atoms. The standard InChI is InChI=1S/C29H25F2N3O4/c1-16-20-10-11-32-24(20)14-23(31)27(16)38-19-7-8-22(30)21(13-19)29-33-15-25(34-29)28(37-2)18-5-3-4-17(12-18)6-9-26(35)36/h3-5,7-8,10-15,28,32H,6,9H2,1-2H3,(H,33,34)(H,35,36). The number of fused-ring (bicyclic) bond motifs is 1. The minimum atomic E-state index is -0.868. The number of aromatic nitrogens is 3. The van der Waals surface area contributed by atoms with E-state index < -0.39 is 23.7 Å². The van der Waals surface area contributed by atoms with Crippen molar-refractivity contribution in [2.45, 2.75) is 25.9 Å². The van der Waals surface area contributed by atoms with Crippen molar-refractivity contribution in [2.75, 3.05) is 7.11 Å². The average Bonchev–Trinajstić information content (AvgIpc) is 3.57. The summed E-state index contributed by atoms with van der Waals surface area (Å²) in [6.45, 7) is 1.76. The Balaban J connectivity index is 1.43. The van der Waals surface area contributed by atoms with E-state index in [1.165, 1.54) is 24.3 Å². The Hall–Kier alpha value is -4.50. The van der Waals surface area contributed by atoms with Gasteiger partial charge in [0, 0.05) is 42.3 Å². The van der Waals surface area contributed by atoms with E-state index in [0.717, 1.165) is 16.5 Å². The highest BCUT2D eigenvalue weighted by molar-refractivity contribution is 5.85. The number of hydrogen-bond acceptors (Lipinski definition) is 4. The normalized spacial score (nSPS) is 12.1. The summed E-state index contributed by atoms with van der Waals surface area (Å²) in [7, 11) is 1.54. The van der Waals surface area contributed by atoms with Crippen LogP contribution in [-0.2, 0) is 16.0 Å². The molecule has 0 radical (unpaired) electrons. The van der Waals surface area contributed by atoms with Gasteiger partial charge in [0.15, 0.2) is 11.6 Å². The van der Waals surface area contributed by atoms with Crippen molar-refractivity contribution in [3.05, 3.63) is 101 Å². The molecule has 194 valence electrons. The molecule has 0 aliphatic heterocycles. The molecule has 38 heavy (non-hydrogen) atoms. The Morgan fingerprint density at radius 2 is 1.95 bits per heavy atom. The third-order valence-electron chi connectivity index (χ3n) is 6.42. The minimum Gasteiger partial charge on any atom is -0.481 e. The molecule has 5 aromatic rings. The van der Waals surface area contributed by atoms with Gasteiger partial charge in [-0.05, 0) is 48.7 Å². The zero-order chi connectivity index (χ0) is 26.8. The van der Waals surface area contributed by atoms with Gasteiger partial charge in [-0.25, -0.2) is 13.8 Å². The quantitative estimate of drug-likeness (QED) is 0.202. The Morgan fingerprint density at radius 1 is 1.11 bits per heavy atom. The number of imidazole rings is 1. The number of carboxylic acid groups (broad SMARTS) is 1. The first-order valence-electron chi connectivity index (χ1n) is 12.0. The lowest BCUT2D eigenvalue weighted by Gasteiger charge is -2.15. The maximum Gasteiger partial charge on any atom is 0.303 e. The molecule has 0 aliphatic rings. The van der Waals surface area contributed by atoms with Crippen LogP contribution in [0.5, 0.6) is 11.5 Å². The monoisotopic (exact) mass is 517 g/mol. The predicted octanol–water partition coefficient (Wildman–Crippen LogP) is 6.69. The van der Waals surface area contributed by atoms with E-state index in [1.807, 2.05) is 30.3 Å². The number of hydrogen-bond donors (Lipinski definition) is 3. The molecule has 0 amide bonds. The maximum absolute atomic E-state index is 14.9. The van der Waals surface area contributed by atoms with Crippen molar-refractivity contribution in [1.82, 2.24) is 15.0 Å². The van der Waals surface area contributed by atoms with Crippen molar-refractivity contribution in [3.63, 3.8) is 0 Å². The molecule has 2 heterocycles. The van der Waals surface area contributed by atoms with Gasteiger partial charge in [-0.3, -0.25) is 4.79 Å². The summed E-state index contributed by atoms with van der Waals surface area (Å²) in [5.74, 6) is -1.35. The zero-order valence-electron chi connectivity index (χ0n) is 20.7. The third kappa shape index (κ3) is 5.01. The van der Waals surface area contributed by atoms with Crippen LogP contribution < -0.4 is 4.74 Å². The lowest BCUT2D eigenvalue weighted by Crippen LogP contribution is -2.05. The van der Waals surface area contributed by atoms with Crippen LogP contribution >= 0.6 is 0 Å². The molecule has 1 atom stereocenters. The molecule has 0 saturated heterocycles. The first kappa shape index (κ1) is 25.2. The first-order chi connectivity index (χ1) is 18.3. The van der Waals surface area contributed by atoms with Gasteiger partial charge in [0.1, 0.15) is 23.5 Å². The second kappa shape index (κ2) is 10.5. The van der Waals surface area contributed by atoms with Gasteiger partial charge in [-0.15, -0.1) is 0 Å². The molecule has 0 bridgehead atoms. The number of aryl methyl sites for hydroxylation is 2. The van der Waals surface area contributed by atoms with Crippen LogP contribution in [0.2, 0.25) is 0 Å². The van der Waals surface area contributed by atoms with Gasteiger partial charge in [0.2, 0.25) is 0 Å². The van der Waals surface area contributed by atoms with E-state index in [4.69, 9.17) is 14.6 Å². The van der Waals surface area contributed by atoms with Crippen LogP contribution in [0.1, 0.15) is 34.9 Å². The molecular weight excluding hydrogens is 492 g/mol. The second-order valence-corrected chi connectivity index (χ2v) is 8.94. The number of carboxylic acids is 1. The number of nitrogens with zero attached hydrogens (tertiary/aromatic N) is 1. The van der Waals surface area contributed by atoms with Crippen molar-refractivity contribution < 1.29 is 28.2 Å². The van der Waals surface area contributed by atoms with Gasteiger partial charge >= 0.3 is 5.97 Å². The van der Waals surface area contributed by atoms with Crippen LogP contribution in [-0.4, -0.2) is 33.1 Å². The smallest absolute Gasteiger partial charge is 0.303 e. The fourth-order valence-electron chi connectivity index (χ4n) is 4.53.